The maximum absolute atomic E-state index is 12.1. The van der Waals surface area contributed by atoms with Crippen molar-refractivity contribution in [1.82, 2.24) is 10.2 Å². The lowest BCUT2D eigenvalue weighted by atomic mass is 10.1. The number of carbonyl (C=O) groups excluding carboxylic acids is 1. The molecule has 0 atom stereocenters. The van der Waals surface area contributed by atoms with Gasteiger partial charge >= 0.3 is 0 Å². The quantitative estimate of drug-likeness (QED) is 0.635. The number of nitrogens with one attached hydrogen (secondary N) is 1. The van der Waals surface area contributed by atoms with E-state index in [0.29, 0.717) is 5.13 Å². The van der Waals surface area contributed by atoms with E-state index in [1.165, 1.54) is 28.0 Å². The van der Waals surface area contributed by atoms with Gasteiger partial charge in [0.05, 0.1) is 0 Å². The van der Waals surface area contributed by atoms with E-state index in [-0.39, 0.29) is 11.8 Å². The molecule has 1 fully saturated rings. The SMILES string of the molecule is Cc1cc(C)cc(CSc2nnc(NC(=O)C3CCCC3)s2)c1. The van der Waals surface area contributed by atoms with Crippen molar-refractivity contribution in [3.8, 4) is 0 Å². The monoisotopic (exact) mass is 347 g/mol. The van der Waals surface area contributed by atoms with Crippen molar-refractivity contribution in [1.29, 1.82) is 0 Å². The fourth-order valence-corrected chi connectivity index (χ4v) is 4.70. The highest BCUT2D eigenvalue weighted by Crippen LogP contribution is 2.30. The Bertz CT molecular complexity index is 673. The van der Waals surface area contributed by atoms with E-state index >= 15 is 0 Å². The van der Waals surface area contributed by atoms with Gasteiger partial charge in [-0.1, -0.05) is 65.3 Å². The average Bonchev–Trinajstić information content (AvgIpc) is 3.15. The first-order valence-electron chi connectivity index (χ1n) is 7.94. The molecule has 122 valence electrons. The lowest BCUT2D eigenvalue weighted by molar-refractivity contribution is -0.119. The maximum atomic E-state index is 12.1. The van der Waals surface area contributed by atoms with Crippen molar-refractivity contribution in [3.63, 3.8) is 0 Å². The zero-order valence-corrected chi connectivity index (χ0v) is 15.1. The molecule has 1 amide bonds. The molecule has 0 bridgehead atoms. The molecule has 2 aromatic rings. The molecule has 0 saturated heterocycles. The summed E-state index contributed by atoms with van der Waals surface area (Å²) in [5.41, 5.74) is 3.85. The van der Waals surface area contributed by atoms with E-state index in [4.69, 9.17) is 0 Å². The predicted molar refractivity (Wildman–Crippen MR) is 96.0 cm³/mol. The molecule has 0 unspecified atom stereocenters. The van der Waals surface area contributed by atoms with Gasteiger partial charge in [-0.25, -0.2) is 0 Å². The second-order valence-electron chi connectivity index (χ2n) is 6.13. The number of carbonyl (C=O) groups is 1. The summed E-state index contributed by atoms with van der Waals surface area (Å²) < 4.78 is 0.894. The van der Waals surface area contributed by atoms with E-state index in [2.05, 4.69) is 47.6 Å². The van der Waals surface area contributed by atoms with Crippen LogP contribution in [-0.4, -0.2) is 16.1 Å². The number of hydrogen-bond donors (Lipinski definition) is 1. The Morgan fingerprint density at radius 1 is 1.22 bits per heavy atom. The van der Waals surface area contributed by atoms with Crippen molar-refractivity contribution in [2.45, 2.75) is 49.6 Å². The van der Waals surface area contributed by atoms with Crippen LogP contribution in [0.2, 0.25) is 0 Å². The van der Waals surface area contributed by atoms with Crippen LogP contribution in [0.3, 0.4) is 0 Å². The Morgan fingerprint density at radius 3 is 2.61 bits per heavy atom. The fraction of sp³-hybridized carbons (Fsp3) is 0.471. The van der Waals surface area contributed by atoms with E-state index in [1.807, 2.05) is 0 Å². The van der Waals surface area contributed by atoms with Gasteiger partial charge in [0.15, 0.2) is 4.34 Å². The van der Waals surface area contributed by atoms with Crippen LogP contribution in [0.1, 0.15) is 42.4 Å². The third kappa shape index (κ3) is 4.54. The highest BCUT2D eigenvalue weighted by molar-refractivity contribution is 8.00. The summed E-state index contributed by atoms with van der Waals surface area (Å²) in [4.78, 5) is 12.1. The van der Waals surface area contributed by atoms with Crippen molar-refractivity contribution < 1.29 is 4.79 Å². The highest BCUT2D eigenvalue weighted by Gasteiger charge is 2.23. The minimum Gasteiger partial charge on any atom is -0.300 e. The first-order valence-corrected chi connectivity index (χ1v) is 9.75. The van der Waals surface area contributed by atoms with Gasteiger partial charge in [0, 0.05) is 11.7 Å². The van der Waals surface area contributed by atoms with Crippen LogP contribution in [0, 0.1) is 19.8 Å². The summed E-state index contributed by atoms with van der Waals surface area (Å²) in [6.07, 6.45) is 4.31. The first kappa shape index (κ1) is 16.5. The number of nitrogens with zero attached hydrogens (tertiary/aromatic N) is 2. The summed E-state index contributed by atoms with van der Waals surface area (Å²) in [6, 6.07) is 6.57. The third-order valence-electron chi connectivity index (χ3n) is 4.01. The largest absolute Gasteiger partial charge is 0.300 e. The molecule has 23 heavy (non-hydrogen) atoms. The fourth-order valence-electron chi connectivity index (χ4n) is 3.01. The molecule has 1 saturated carbocycles. The summed E-state index contributed by atoms with van der Waals surface area (Å²) in [6.45, 7) is 4.23. The topological polar surface area (TPSA) is 54.9 Å². The normalized spacial score (nSPS) is 15.0. The second-order valence-corrected chi connectivity index (χ2v) is 8.33. The number of rotatable bonds is 5. The molecule has 1 aromatic carbocycles. The van der Waals surface area contributed by atoms with Crippen molar-refractivity contribution in [3.05, 3.63) is 34.9 Å². The molecule has 3 rings (SSSR count). The van der Waals surface area contributed by atoms with Crippen LogP contribution in [-0.2, 0) is 10.5 Å². The lowest BCUT2D eigenvalue weighted by Gasteiger charge is -2.06. The van der Waals surface area contributed by atoms with E-state index in [1.54, 1.807) is 11.8 Å². The van der Waals surface area contributed by atoms with Crippen LogP contribution in [0.4, 0.5) is 5.13 Å². The van der Waals surface area contributed by atoms with Gasteiger partial charge in [-0.15, -0.1) is 10.2 Å². The van der Waals surface area contributed by atoms with Crippen LogP contribution in [0.25, 0.3) is 0 Å². The number of anilines is 1. The van der Waals surface area contributed by atoms with E-state index < -0.39 is 0 Å². The molecule has 0 radical (unpaired) electrons. The molecule has 1 N–H and O–H groups in total. The van der Waals surface area contributed by atoms with Gasteiger partial charge in [-0.3, -0.25) is 4.79 Å². The third-order valence-corrected chi connectivity index (χ3v) is 6.05. The maximum Gasteiger partial charge on any atom is 0.229 e. The molecular formula is C17H21N3OS2. The molecule has 0 aliphatic heterocycles. The van der Waals surface area contributed by atoms with E-state index in [0.717, 1.165) is 35.8 Å². The molecule has 4 nitrogen and oxygen atoms in total. The Balaban J connectivity index is 1.55. The van der Waals surface area contributed by atoms with Crippen molar-refractivity contribution in [2.24, 2.45) is 5.92 Å². The van der Waals surface area contributed by atoms with Gasteiger partial charge in [-0.2, -0.15) is 0 Å². The standard InChI is InChI=1S/C17H21N3OS2/c1-11-7-12(2)9-13(8-11)10-22-17-20-19-16(23-17)18-15(21)14-5-3-4-6-14/h7-9,14H,3-6,10H2,1-2H3,(H,18,19,21). The lowest BCUT2D eigenvalue weighted by Crippen LogP contribution is -2.20. The summed E-state index contributed by atoms with van der Waals surface area (Å²) in [5, 5.41) is 11.8. The summed E-state index contributed by atoms with van der Waals surface area (Å²) in [5.74, 6) is 1.13. The van der Waals surface area contributed by atoms with Crippen LogP contribution in [0.15, 0.2) is 22.5 Å². The van der Waals surface area contributed by atoms with Crippen LogP contribution in [0.5, 0.6) is 0 Å². The second kappa shape index (κ2) is 7.45. The zero-order chi connectivity index (χ0) is 16.2. The zero-order valence-electron chi connectivity index (χ0n) is 13.5. The number of benzene rings is 1. The van der Waals surface area contributed by atoms with Gasteiger partial charge in [0.1, 0.15) is 0 Å². The Labute approximate surface area is 145 Å². The van der Waals surface area contributed by atoms with Gasteiger partial charge in [-0.05, 0) is 32.3 Å². The molecule has 1 heterocycles. The van der Waals surface area contributed by atoms with Crippen LogP contribution >= 0.6 is 23.1 Å². The molecule has 6 heteroatoms. The summed E-state index contributed by atoms with van der Waals surface area (Å²) >= 11 is 3.12. The molecular weight excluding hydrogens is 326 g/mol. The van der Waals surface area contributed by atoms with Crippen molar-refractivity contribution in [2.75, 3.05) is 5.32 Å². The predicted octanol–water partition coefficient (Wildman–Crippen LogP) is 4.58. The molecule has 1 aliphatic rings. The number of hydrogen-bond acceptors (Lipinski definition) is 5. The smallest absolute Gasteiger partial charge is 0.229 e. The first-order chi connectivity index (χ1) is 11.1. The minimum absolute atomic E-state index is 0.101. The van der Waals surface area contributed by atoms with E-state index in [9.17, 15) is 4.79 Å². The molecule has 1 aromatic heterocycles. The molecule has 1 aliphatic carbocycles. The summed E-state index contributed by atoms with van der Waals surface area (Å²) in [7, 11) is 0. The Morgan fingerprint density at radius 2 is 1.91 bits per heavy atom. The van der Waals surface area contributed by atoms with Crippen LogP contribution < -0.4 is 5.32 Å². The molecule has 0 spiro atoms. The number of aryl methyl sites for hydroxylation is 2. The number of thioether (sulfide) groups is 1. The van der Waals surface area contributed by atoms with Gasteiger partial charge in [0.2, 0.25) is 11.0 Å². The number of aromatic nitrogens is 2. The van der Waals surface area contributed by atoms with Crippen molar-refractivity contribution >= 4 is 34.1 Å². The Hall–Kier alpha value is -1.40. The number of amides is 1. The average molecular weight is 348 g/mol. The highest BCUT2D eigenvalue weighted by atomic mass is 32.2. The van der Waals surface area contributed by atoms with Gasteiger partial charge in [0.25, 0.3) is 0 Å². The van der Waals surface area contributed by atoms with Gasteiger partial charge < -0.3 is 5.32 Å². The Kier molecular flexibility index (Phi) is 5.33. The minimum atomic E-state index is 0.101.